The van der Waals surface area contributed by atoms with Gasteiger partial charge in [0.25, 0.3) is 0 Å². The molecule has 2 aromatic carbocycles. The largest absolute Gasteiger partial charge is 0.497 e. The summed E-state index contributed by atoms with van der Waals surface area (Å²) in [6, 6.07) is 11.5. The van der Waals surface area contributed by atoms with E-state index in [1.165, 1.54) is 0 Å². The number of benzene rings is 2. The maximum Gasteiger partial charge on any atom is 0.191 e. The standard InChI is InChI=1S/C21H29N3O4/c1-6-22-21(23-13-15-7-9-16(25-2)10-8-15)24-14-18-19(27-4)11-17(26-3)12-20(18)28-5/h7-12H,6,13-14H2,1-5H3,(H2,22,23,24). The predicted molar refractivity (Wildman–Crippen MR) is 111 cm³/mol. The van der Waals surface area contributed by atoms with Crippen LogP contribution in [-0.2, 0) is 13.1 Å². The van der Waals surface area contributed by atoms with Crippen LogP contribution in [0.2, 0.25) is 0 Å². The van der Waals surface area contributed by atoms with E-state index in [0.717, 1.165) is 23.4 Å². The highest BCUT2D eigenvalue weighted by Gasteiger charge is 2.13. The van der Waals surface area contributed by atoms with Gasteiger partial charge in [0.05, 0.1) is 47.1 Å². The number of ether oxygens (including phenoxy) is 4. The first-order chi connectivity index (χ1) is 13.6. The average molecular weight is 387 g/mol. The summed E-state index contributed by atoms with van der Waals surface area (Å²) in [5.41, 5.74) is 1.98. The zero-order valence-electron chi connectivity index (χ0n) is 17.2. The molecular formula is C21H29N3O4. The first-order valence-corrected chi connectivity index (χ1v) is 9.09. The minimum atomic E-state index is 0.491. The highest BCUT2D eigenvalue weighted by molar-refractivity contribution is 5.80. The first kappa shape index (κ1) is 21.2. The molecule has 0 saturated carbocycles. The van der Waals surface area contributed by atoms with E-state index in [9.17, 15) is 0 Å². The van der Waals surface area contributed by atoms with E-state index in [-0.39, 0.29) is 0 Å². The third-order valence-corrected chi connectivity index (χ3v) is 4.17. The van der Waals surface area contributed by atoms with Crippen LogP contribution in [-0.4, -0.2) is 40.9 Å². The molecule has 152 valence electrons. The van der Waals surface area contributed by atoms with Gasteiger partial charge in [-0.25, -0.2) is 4.99 Å². The van der Waals surface area contributed by atoms with Crippen molar-refractivity contribution < 1.29 is 18.9 Å². The van der Waals surface area contributed by atoms with Crippen molar-refractivity contribution in [1.29, 1.82) is 0 Å². The Morgan fingerprint density at radius 2 is 1.43 bits per heavy atom. The van der Waals surface area contributed by atoms with E-state index in [2.05, 4.69) is 15.6 Å². The summed E-state index contributed by atoms with van der Waals surface area (Å²) in [5.74, 6) is 3.59. The minimum absolute atomic E-state index is 0.491. The van der Waals surface area contributed by atoms with E-state index >= 15 is 0 Å². The zero-order valence-corrected chi connectivity index (χ0v) is 17.2. The number of guanidine groups is 1. The number of hydrogen-bond acceptors (Lipinski definition) is 5. The van der Waals surface area contributed by atoms with Crippen LogP contribution in [0.1, 0.15) is 18.1 Å². The summed E-state index contributed by atoms with van der Waals surface area (Å²) in [6.45, 7) is 3.82. The molecule has 0 fully saturated rings. The summed E-state index contributed by atoms with van der Waals surface area (Å²) in [4.78, 5) is 4.65. The number of nitrogens with one attached hydrogen (secondary N) is 2. The van der Waals surface area contributed by atoms with Gasteiger partial charge in [0.2, 0.25) is 0 Å². The fraction of sp³-hybridized carbons (Fsp3) is 0.381. The van der Waals surface area contributed by atoms with Crippen LogP contribution in [0.4, 0.5) is 0 Å². The van der Waals surface area contributed by atoms with Crippen molar-refractivity contribution in [2.45, 2.75) is 20.0 Å². The second kappa shape index (κ2) is 10.9. The van der Waals surface area contributed by atoms with E-state index in [1.54, 1.807) is 28.4 Å². The molecule has 0 aromatic heterocycles. The molecule has 0 amide bonds. The molecule has 2 N–H and O–H groups in total. The van der Waals surface area contributed by atoms with Gasteiger partial charge in [0, 0.05) is 18.7 Å². The number of aliphatic imine (C=N–C) groups is 1. The predicted octanol–water partition coefficient (Wildman–Crippen LogP) is 2.98. The Bertz CT molecular complexity index is 751. The van der Waals surface area contributed by atoms with Crippen molar-refractivity contribution in [1.82, 2.24) is 10.6 Å². The molecule has 0 aliphatic carbocycles. The van der Waals surface area contributed by atoms with Crippen LogP contribution in [0, 0.1) is 0 Å². The smallest absolute Gasteiger partial charge is 0.191 e. The van der Waals surface area contributed by atoms with Crippen LogP contribution >= 0.6 is 0 Å². The summed E-state index contributed by atoms with van der Waals surface area (Å²) < 4.78 is 21.5. The number of nitrogens with zero attached hydrogens (tertiary/aromatic N) is 1. The van der Waals surface area contributed by atoms with Crippen molar-refractivity contribution in [2.24, 2.45) is 4.99 Å². The van der Waals surface area contributed by atoms with E-state index in [4.69, 9.17) is 18.9 Å². The number of methoxy groups -OCH3 is 4. The molecular weight excluding hydrogens is 358 g/mol. The van der Waals surface area contributed by atoms with E-state index in [0.29, 0.717) is 36.3 Å². The van der Waals surface area contributed by atoms with Gasteiger partial charge in [-0.05, 0) is 24.6 Å². The van der Waals surface area contributed by atoms with Gasteiger partial charge in [-0.1, -0.05) is 12.1 Å². The fourth-order valence-corrected chi connectivity index (χ4v) is 2.67. The molecule has 0 unspecified atom stereocenters. The van der Waals surface area contributed by atoms with Crippen LogP contribution < -0.4 is 29.6 Å². The van der Waals surface area contributed by atoms with Gasteiger partial charge in [0.15, 0.2) is 5.96 Å². The monoisotopic (exact) mass is 387 g/mol. The van der Waals surface area contributed by atoms with Crippen molar-refractivity contribution in [3.8, 4) is 23.0 Å². The summed E-state index contributed by atoms with van der Waals surface area (Å²) in [6.07, 6.45) is 0. The molecule has 0 atom stereocenters. The lowest BCUT2D eigenvalue weighted by atomic mass is 10.1. The van der Waals surface area contributed by atoms with Crippen molar-refractivity contribution in [2.75, 3.05) is 35.0 Å². The molecule has 0 radical (unpaired) electrons. The third kappa shape index (κ3) is 5.70. The number of hydrogen-bond donors (Lipinski definition) is 2. The highest BCUT2D eigenvalue weighted by atomic mass is 16.5. The molecule has 7 heteroatoms. The quantitative estimate of drug-likeness (QED) is 0.509. The van der Waals surface area contributed by atoms with Gasteiger partial charge >= 0.3 is 0 Å². The third-order valence-electron chi connectivity index (χ3n) is 4.17. The second-order valence-corrected chi connectivity index (χ2v) is 5.91. The van der Waals surface area contributed by atoms with Gasteiger partial charge in [-0.2, -0.15) is 0 Å². The lowest BCUT2D eigenvalue weighted by molar-refractivity contribution is 0.368. The Morgan fingerprint density at radius 3 is 1.93 bits per heavy atom. The summed E-state index contributed by atoms with van der Waals surface area (Å²) in [7, 11) is 6.52. The number of rotatable bonds is 9. The molecule has 0 bridgehead atoms. The molecule has 2 rings (SSSR count). The lowest BCUT2D eigenvalue weighted by Crippen LogP contribution is -2.37. The van der Waals surface area contributed by atoms with Gasteiger partial charge in [0.1, 0.15) is 23.0 Å². The highest BCUT2D eigenvalue weighted by Crippen LogP contribution is 2.33. The molecule has 0 saturated heterocycles. The molecule has 0 aliphatic rings. The van der Waals surface area contributed by atoms with Crippen LogP contribution in [0.25, 0.3) is 0 Å². The minimum Gasteiger partial charge on any atom is -0.497 e. The molecule has 28 heavy (non-hydrogen) atoms. The SMILES string of the molecule is CCNC(=NCc1ccc(OC)cc1)NCc1c(OC)cc(OC)cc1OC. The Kier molecular flexibility index (Phi) is 8.27. The second-order valence-electron chi connectivity index (χ2n) is 5.91. The Hall–Kier alpha value is -3.09. The van der Waals surface area contributed by atoms with Crippen molar-refractivity contribution in [3.63, 3.8) is 0 Å². The average Bonchev–Trinajstić information content (AvgIpc) is 2.75. The summed E-state index contributed by atoms with van der Waals surface area (Å²) in [5, 5.41) is 6.58. The molecule has 2 aromatic rings. The van der Waals surface area contributed by atoms with Gasteiger partial charge in [-0.15, -0.1) is 0 Å². The van der Waals surface area contributed by atoms with Crippen molar-refractivity contribution in [3.05, 3.63) is 47.5 Å². The van der Waals surface area contributed by atoms with Crippen LogP contribution in [0.5, 0.6) is 23.0 Å². The first-order valence-electron chi connectivity index (χ1n) is 9.09. The molecule has 0 heterocycles. The van der Waals surface area contributed by atoms with Crippen LogP contribution in [0.3, 0.4) is 0 Å². The Balaban J connectivity index is 2.13. The maximum absolute atomic E-state index is 5.50. The maximum atomic E-state index is 5.50. The van der Waals surface area contributed by atoms with Crippen molar-refractivity contribution >= 4 is 5.96 Å². The normalized spacial score (nSPS) is 11.0. The molecule has 0 aliphatic heterocycles. The lowest BCUT2D eigenvalue weighted by Gasteiger charge is -2.17. The summed E-state index contributed by atoms with van der Waals surface area (Å²) >= 11 is 0. The van der Waals surface area contributed by atoms with Gasteiger partial charge < -0.3 is 29.6 Å². The van der Waals surface area contributed by atoms with E-state index in [1.807, 2.05) is 43.3 Å². The van der Waals surface area contributed by atoms with E-state index < -0.39 is 0 Å². The van der Waals surface area contributed by atoms with Gasteiger partial charge in [-0.3, -0.25) is 0 Å². The van der Waals surface area contributed by atoms with Crippen LogP contribution in [0.15, 0.2) is 41.4 Å². The fourth-order valence-electron chi connectivity index (χ4n) is 2.67. The Morgan fingerprint density at radius 1 is 0.821 bits per heavy atom. The molecule has 7 nitrogen and oxygen atoms in total. The topological polar surface area (TPSA) is 73.3 Å². The molecule has 0 spiro atoms. The Labute approximate surface area is 166 Å². The zero-order chi connectivity index (χ0) is 20.4.